The Kier molecular flexibility index (Phi) is 4.48. The topological polar surface area (TPSA) is 18.5 Å². The summed E-state index contributed by atoms with van der Waals surface area (Å²) in [6, 6.07) is 8.95. The fourth-order valence-corrected chi connectivity index (χ4v) is 2.66. The summed E-state index contributed by atoms with van der Waals surface area (Å²) in [6.07, 6.45) is 0. The summed E-state index contributed by atoms with van der Waals surface area (Å²) < 4.78 is 0. The van der Waals surface area contributed by atoms with Crippen LogP contribution >= 0.6 is 0 Å². The number of nitrogens with zero attached hydrogens (tertiary/aromatic N) is 2. The first-order chi connectivity index (χ1) is 9.00. The second kappa shape index (κ2) is 5.93. The van der Waals surface area contributed by atoms with E-state index in [0.717, 1.165) is 32.7 Å². The van der Waals surface area contributed by atoms with Crippen LogP contribution in [0.4, 0.5) is 5.69 Å². The van der Waals surface area contributed by atoms with Crippen LogP contribution in [0.25, 0.3) is 0 Å². The van der Waals surface area contributed by atoms with E-state index in [-0.39, 0.29) is 0 Å². The van der Waals surface area contributed by atoms with Gasteiger partial charge in [-0.25, -0.2) is 0 Å². The summed E-state index contributed by atoms with van der Waals surface area (Å²) >= 11 is 0. The van der Waals surface area contributed by atoms with Crippen molar-refractivity contribution in [3.05, 3.63) is 29.8 Å². The molecule has 1 aliphatic heterocycles. The molecule has 1 fully saturated rings. The van der Waals surface area contributed by atoms with E-state index < -0.39 is 0 Å². The summed E-state index contributed by atoms with van der Waals surface area (Å²) in [4.78, 5) is 5.06. The zero-order valence-electron chi connectivity index (χ0n) is 12.7. The van der Waals surface area contributed by atoms with Crippen LogP contribution in [0.1, 0.15) is 26.3 Å². The molecule has 0 amide bonds. The normalized spacial score (nSPS) is 17.8. The van der Waals surface area contributed by atoms with Gasteiger partial charge in [-0.3, -0.25) is 4.90 Å². The predicted molar refractivity (Wildman–Crippen MR) is 82.7 cm³/mol. The van der Waals surface area contributed by atoms with Crippen molar-refractivity contribution >= 4 is 5.69 Å². The van der Waals surface area contributed by atoms with Crippen LogP contribution in [0.15, 0.2) is 24.3 Å². The molecule has 1 aromatic carbocycles. The lowest BCUT2D eigenvalue weighted by molar-refractivity contribution is 0.128. The van der Waals surface area contributed by atoms with Crippen molar-refractivity contribution in [3.8, 4) is 0 Å². The van der Waals surface area contributed by atoms with E-state index in [0.29, 0.717) is 5.54 Å². The van der Waals surface area contributed by atoms with Gasteiger partial charge in [-0.2, -0.15) is 0 Å². The molecule has 3 nitrogen and oxygen atoms in total. The van der Waals surface area contributed by atoms with Gasteiger partial charge in [-0.1, -0.05) is 12.1 Å². The molecule has 3 heteroatoms. The highest BCUT2D eigenvalue weighted by atomic mass is 15.3. The summed E-state index contributed by atoms with van der Waals surface area (Å²) in [5.41, 5.74) is 3.00. The first kappa shape index (κ1) is 14.4. The average molecular weight is 261 g/mol. The van der Waals surface area contributed by atoms with Crippen LogP contribution in [-0.4, -0.2) is 43.7 Å². The van der Waals surface area contributed by atoms with Crippen molar-refractivity contribution in [3.63, 3.8) is 0 Å². The molecule has 0 aliphatic carbocycles. The highest BCUT2D eigenvalue weighted by Crippen LogP contribution is 2.21. The quantitative estimate of drug-likeness (QED) is 0.901. The van der Waals surface area contributed by atoms with E-state index in [4.69, 9.17) is 0 Å². The molecule has 1 heterocycles. The van der Waals surface area contributed by atoms with Gasteiger partial charge in [0.05, 0.1) is 0 Å². The van der Waals surface area contributed by atoms with Crippen molar-refractivity contribution in [2.75, 3.05) is 38.1 Å². The molecule has 2 rings (SSSR count). The largest absolute Gasteiger partial charge is 0.369 e. The van der Waals surface area contributed by atoms with Crippen LogP contribution in [0.2, 0.25) is 0 Å². The van der Waals surface area contributed by atoms with Crippen LogP contribution in [0.5, 0.6) is 0 Å². The molecule has 1 saturated heterocycles. The van der Waals surface area contributed by atoms with Crippen molar-refractivity contribution in [2.45, 2.75) is 32.9 Å². The van der Waals surface area contributed by atoms with Crippen molar-refractivity contribution < 1.29 is 0 Å². The maximum Gasteiger partial charge on any atom is 0.0367 e. The SMILES string of the molecule is CNCc1ccc(N2CCN(C(C)(C)C)CC2)cc1. The van der Waals surface area contributed by atoms with E-state index >= 15 is 0 Å². The molecule has 0 bridgehead atoms. The maximum atomic E-state index is 3.19. The van der Waals surface area contributed by atoms with Crippen molar-refractivity contribution in [2.24, 2.45) is 0 Å². The summed E-state index contributed by atoms with van der Waals surface area (Å²) in [5.74, 6) is 0. The highest BCUT2D eigenvalue weighted by Gasteiger charge is 2.25. The summed E-state index contributed by atoms with van der Waals surface area (Å²) in [6.45, 7) is 12.4. The number of nitrogens with one attached hydrogen (secondary N) is 1. The van der Waals surface area contributed by atoms with Gasteiger partial charge < -0.3 is 10.2 Å². The number of benzene rings is 1. The molecular formula is C16H27N3. The van der Waals surface area contributed by atoms with E-state index in [9.17, 15) is 0 Å². The fraction of sp³-hybridized carbons (Fsp3) is 0.625. The predicted octanol–water partition coefficient (Wildman–Crippen LogP) is 2.33. The van der Waals surface area contributed by atoms with Gasteiger partial charge in [0.2, 0.25) is 0 Å². The monoisotopic (exact) mass is 261 g/mol. The van der Waals surface area contributed by atoms with Gasteiger partial charge in [-0.05, 0) is 45.5 Å². The molecule has 0 aromatic heterocycles. The highest BCUT2D eigenvalue weighted by molar-refractivity contribution is 5.48. The van der Waals surface area contributed by atoms with Gasteiger partial charge >= 0.3 is 0 Å². The summed E-state index contributed by atoms with van der Waals surface area (Å²) in [7, 11) is 1.99. The molecule has 0 unspecified atom stereocenters. The molecule has 0 spiro atoms. The minimum Gasteiger partial charge on any atom is -0.369 e. The van der Waals surface area contributed by atoms with Crippen LogP contribution in [-0.2, 0) is 6.54 Å². The lowest BCUT2D eigenvalue weighted by Crippen LogP contribution is -2.53. The first-order valence-electron chi connectivity index (χ1n) is 7.24. The van der Waals surface area contributed by atoms with Crippen LogP contribution < -0.4 is 10.2 Å². The molecule has 0 radical (unpaired) electrons. The zero-order chi connectivity index (χ0) is 13.9. The fourth-order valence-electron chi connectivity index (χ4n) is 2.66. The second-order valence-corrected chi connectivity index (χ2v) is 6.34. The third kappa shape index (κ3) is 3.71. The minimum atomic E-state index is 0.294. The van der Waals surface area contributed by atoms with Crippen molar-refractivity contribution in [1.29, 1.82) is 0 Å². The molecule has 106 valence electrons. The number of hydrogen-bond acceptors (Lipinski definition) is 3. The Morgan fingerprint density at radius 3 is 2.05 bits per heavy atom. The third-order valence-electron chi connectivity index (χ3n) is 3.91. The van der Waals surface area contributed by atoms with Crippen LogP contribution in [0.3, 0.4) is 0 Å². The van der Waals surface area contributed by atoms with E-state index in [2.05, 4.69) is 60.2 Å². The molecule has 1 N–H and O–H groups in total. The number of anilines is 1. The second-order valence-electron chi connectivity index (χ2n) is 6.34. The van der Waals surface area contributed by atoms with Gasteiger partial charge in [0, 0.05) is 44.0 Å². The Bertz CT molecular complexity index is 383. The Morgan fingerprint density at radius 2 is 1.58 bits per heavy atom. The Morgan fingerprint density at radius 1 is 1.00 bits per heavy atom. The Balaban J connectivity index is 1.94. The molecule has 1 aromatic rings. The molecular weight excluding hydrogens is 234 g/mol. The van der Waals surface area contributed by atoms with Gasteiger partial charge in [0.1, 0.15) is 0 Å². The standard InChI is InChI=1S/C16H27N3/c1-16(2,3)19-11-9-18(10-12-19)15-7-5-14(6-8-15)13-17-4/h5-8,17H,9-13H2,1-4H3. The Labute approximate surface area is 117 Å². The summed E-state index contributed by atoms with van der Waals surface area (Å²) in [5, 5.41) is 3.19. The number of rotatable bonds is 3. The van der Waals surface area contributed by atoms with E-state index in [1.54, 1.807) is 0 Å². The van der Waals surface area contributed by atoms with Gasteiger partial charge in [0.25, 0.3) is 0 Å². The Hall–Kier alpha value is -1.06. The molecule has 0 saturated carbocycles. The van der Waals surface area contributed by atoms with Crippen LogP contribution in [0, 0.1) is 0 Å². The third-order valence-corrected chi connectivity index (χ3v) is 3.91. The average Bonchev–Trinajstić information content (AvgIpc) is 2.39. The lowest BCUT2D eigenvalue weighted by Gasteiger charge is -2.43. The van der Waals surface area contributed by atoms with E-state index in [1.807, 2.05) is 7.05 Å². The van der Waals surface area contributed by atoms with Crippen molar-refractivity contribution in [1.82, 2.24) is 10.2 Å². The molecule has 0 atom stereocenters. The van der Waals surface area contributed by atoms with Gasteiger partial charge in [-0.15, -0.1) is 0 Å². The van der Waals surface area contributed by atoms with Gasteiger partial charge in [0.15, 0.2) is 0 Å². The molecule has 1 aliphatic rings. The number of piperazine rings is 1. The van der Waals surface area contributed by atoms with E-state index in [1.165, 1.54) is 11.3 Å². The lowest BCUT2D eigenvalue weighted by atomic mass is 10.0. The number of hydrogen-bond donors (Lipinski definition) is 1. The first-order valence-corrected chi connectivity index (χ1v) is 7.24. The maximum absolute atomic E-state index is 3.19. The minimum absolute atomic E-state index is 0.294. The zero-order valence-corrected chi connectivity index (χ0v) is 12.7. The smallest absolute Gasteiger partial charge is 0.0367 e. The molecule has 19 heavy (non-hydrogen) atoms.